The number of nitrogens with one attached hydrogen (secondary N) is 1. The molecule has 4 atom stereocenters. The summed E-state index contributed by atoms with van der Waals surface area (Å²) in [5, 5.41) is 34.3. The third kappa shape index (κ3) is 6.33. The zero-order valence-corrected chi connectivity index (χ0v) is 23.4. The van der Waals surface area contributed by atoms with E-state index in [0.717, 1.165) is 5.57 Å². The second kappa shape index (κ2) is 12.5. The summed E-state index contributed by atoms with van der Waals surface area (Å²) in [6.07, 6.45) is -3.56. The Labute approximate surface area is 240 Å². The monoisotopic (exact) mass is 584 g/mol. The maximum absolute atomic E-state index is 13.0. The molecule has 6 N–H and O–H groups in total. The first kappa shape index (κ1) is 30.4. The fourth-order valence-electron chi connectivity index (χ4n) is 4.46. The van der Waals surface area contributed by atoms with Crippen LogP contribution < -0.4 is 21.4 Å². The number of primary amides is 1. The van der Waals surface area contributed by atoms with Crippen LogP contribution in [-0.4, -0.2) is 65.6 Å². The average molecular weight is 585 g/mol. The Balaban J connectivity index is 1.59. The molecule has 1 fully saturated rings. The van der Waals surface area contributed by atoms with Gasteiger partial charge in [0.2, 0.25) is 6.29 Å². The molecule has 224 valence electrons. The minimum Gasteiger partial charge on any atom is -0.508 e. The maximum Gasteiger partial charge on any atom is 0.404 e. The van der Waals surface area contributed by atoms with Crippen molar-refractivity contribution in [3.05, 3.63) is 69.1 Å². The summed E-state index contributed by atoms with van der Waals surface area (Å²) in [5.41, 5.74) is 5.56. The molecule has 0 saturated carbocycles. The number of aliphatic hydroxyl groups excluding tert-OH is 1. The number of aliphatic hydroxyl groups is 1. The highest BCUT2D eigenvalue weighted by Crippen LogP contribution is 2.36. The summed E-state index contributed by atoms with van der Waals surface area (Å²) >= 11 is 0. The van der Waals surface area contributed by atoms with Crippen LogP contribution in [0.2, 0.25) is 0 Å². The zero-order chi connectivity index (χ0) is 30.7. The van der Waals surface area contributed by atoms with Gasteiger partial charge in [0.15, 0.2) is 23.6 Å². The Morgan fingerprint density at radius 3 is 2.60 bits per heavy atom. The minimum atomic E-state index is -1.48. The van der Waals surface area contributed by atoms with Crippen molar-refractivity contribution in [1.29, 1.82) is 0 Å². The van der Waals surface area contributed by atoms with Crippen LogP contribution in [0.1, 0.15) is 35.3 Å². The molecule has 4 rings (SSSR count). The van der Waals surface area contributed by atoms with Crippen molar-refractivity contribution in [2.24, 2.45) is 5.73 Å². The van der Waals surface area contributed by atoms with Gasteiger partial charge in [0.25, 0.3) is 5.91 Å². The zero-order valence-electron chi connectivity index (χ0n) is 23.4. The Hall–Kier alpha value is -4.59. The van der Waals surface area contributed by atoms with Crippen LogP contribution in [0, 0.1) is 6.92 Å². The van der Waals surface area contributed by atoms with E-state index in [1.165, 1.54) is 37.4 Å². The van der Waals surface area contributed by atoms with Crippen LogP contribution in [0.5, 0.6) is 17.2 Å². The van der Waals surface area contributed by atoms with Gasteiger partial charge in [-0.1, -0.05) is 11.6 Å². The van der Waals surface area contributed by atoms with Crippen molar-refractivity contribution in [1.82, 2.24) is 0 Å². The molecule has 2 heterocycles. The second-order valence-electron chi connectivity index (χ2n) is 9.95. The number of hydrogen-bond donors (Lipinski definition) is 5. The maximum atomic E-state index is 13.0. The van der Waals surface area contributed by atoms with E-state index in [4.69, 9.17) is 29.1 Å². The average Bonchev–Trinajstić information content (AvgIpc) is 2.94. The third-order valence-corrected chi connectivity index (χ3v) is 6.76. The molecule has 0 bridgehead atoms. The molecule has 2 amide bonds. The molecular weight excluding hydrogens is 552 g/mol. The number of phenols is 1. The van der Waals surface area contributed by atoms with E-state index < -0.39 is 53.7 Å². The SMILES string of the molecule is CO[C@H]1CO[C@@H](Oc2ccc3c(O)c(NC(=O)c4ccc(O)c(CC=C(C)C)c4)c(=O)oc3c2C)[C@H](O)[C@@H]1OC(N)=O. The van der Waals surface area contributed by atoms with E-state index in [1.54, 1.807) is 6.92 Å². The Bertz CT molecular complexity index is 1590. The lowest BCUT2D eigenvalue weighted by molar-refractivity contribution is -0.245. The highest BCUT2D eigenvalue weighted by Gasteiger charge is 2.44. The number of allylic oxidation sites excluding steroid dienone is 2. The van der Waals surface area contributed by atoms with E-state index in [1.807, 2.05) is 19.9 Å². The first-order valence-corrected chi connectivity index (χ1v) is 12.9. The number of benzene rings is 2. The summed E-state index contributed by atoms with van der Waals surface area (Å²) < 4.78 is 26.9. The van der Waals surface area contributed by atoms with Gasteiger partial charge in [-0.05, 0) is 63.1 Å². The number of hydrogen-bond acceptors (Lipinski definition) is 11. The fraction of sp³-hybridized carbons (Fsp3) is 0.345. The molecule has 42 heavy (non-hydrogen) atoms. The van der Waals surface area contributed by atoms with Crippen LogP contribution in [0.3, 0.4) is 0 Å². The molecule has 13 nitrogen and oxygen atoms in total. The van der Waals surface area contributed by atoms with Crippen molar-refractivity contribution in [3.8, 4) is 17.2 Å². The standard InChI is InChI=1S/C29H32N2O11/c1-13(2)5-6-15-11-16(7-9-18(15)32)26(35)31-21-22(33)17-8-10-19(14(3)24(17)41-27(21)36)40-28-23(34)25(42-29(30)37)20(38-4)12-39-28/h5,7-11,20,23,25,28,32-34H,6,12H2,1-4H3,(H2,30,37)(H,31,35)/t20-,23+,25+,28-/m0/s1. The summed E-state index contributed by atoms with van der Waals surface area (Å²) in [5.74, 6) is -1.07. The van der Waals surface area contributed by atoms with Gasteiger partial charge in [0.05, 0.1) is 12.0 Å². The number of rotatable bonds is 8. The molecule has 13 heteroatoms. The number of fused-ring (bicyclic) bond motifs is 1. The fourth-order valence-corrected chi connectivity index (χ4v) is 4.46. The smallest absolute Gasteiger partial charge is 0.404 e. The normalized spacial score (nSPS) is 20.1. The van der Waals surface area contributed by atoms with Crippen LogP contribution in [0.25, 0.3) is 11.0 Å². The molecule has 1 saturated heterocycles. The van der Waals surface area contributed by atoms with Gasteiger partial charge in [0, 0.05) is 18.2 Å². The Kier molecular flexibility index (Phi) is 9.05. The van der Waals surface area contributed by atoms with E-state index in [-0.39, 0.29) is 40.2 Å². The number of nitrogens with two attached hydrogens (primary N) is 1. The molecule has 2 aromatic carbocycles. The van der Waals surface area contributed by atoms with E-state index in [2.05, 4.69) is 5.32 Å². The molecule has 1 aliphatic rings. The number of ether oxygens (including phenoxy) is 4. The summed E-state index contributed by atoms with van der Waals surface area (Å²) in [4.78, 5) is 37.1. The number of methoxy groups -OCH3 is 1. The first-order valence-electron chi connectivity index (χ1n) is 12.9. The molecule has 0 spiro atoms. The van der Waals surface area contributed by atoms with E-state index in [9.17, 15) is 29.7 Å². The third-order valence-electron chi connectivity index (χ3n) is 6.76. The number of aromatic hydroxyl groups is 2. The predicted octanol–water partition coefficient (Wildman–Crippen LogP) is 2.85. The van der Waals surface area contributed by atoms with Gasteiger partial charge in [-0.15, -0.1) is 0 Å². The summed E-state index contributed by atoms with van der Waals surface area (Å²) in [6, 6.07) is 7.10. The number of amides is 2. The first-order chi connectivity index (χ1) is 19.9. The van der Waals surface area contributed by atoms with Gasteiger partial charge in [-0.25, -0.2) is 9.59 Å². The van der Waals surface area contributed by atoms with Crippen molar-refractivity contribution >= 4 is 28.7 Å². The van der Waals surface area contributed by atoms with Crippen molar-refractivity contribution in [3.63, 3.8) is 0 Å². The highest BCUT2D eigenvalue weighted by atomic mass is 16.7. The van der Waals surface area contributed by atoms with Gasteiger partial charge in [-0.3, -0.25) is 4.79 Å². The van der Waals surface area contributed by atoms with Gasteiger partial charge in [-0.2, -0.15) is 0 Å². The lowest BCUT2D eigenvalue weighted by atomic mass is 10.0. The molecule has 0 radical (unpaired) electrons. The second-order valence-corrected chi connectivity index (χ2v) is 9.95. The predicted molar refractivity (Wildman–Crippen MR) is 150 cm³/mol. The molecule has 3 aromatic rings. The largest absolute Gasteiger partial charge is 0.508 e. The molecular formula is C29H32N2O11. The molecule has 1 aliphatic heterocycles. The lowest BCUT2D eigenvalue weighted by Gasteiger charge is -2.38. The van der Waals surface area contributed by atoms with Gasteiger partial charge < -0.3 is 49.7 Å². The van der Waals surface area contributed by atoms with Crippen LogP contribution in [-0.2, 0) is 20.6 Å². The van der Waals surface area contributed by atoms with Gasteiger partial charge in [0.1, 0.15) is 23.2 Å². The summed E-state index contributed by atoms with van der Waals surface area (Å²) in [6.45, 7) is 5.28. The van der Waals surface area contributed by atoms with Gasteiger partial charge >= 0.3 is 11.7 Å². The Morgan fingerprint density at radius 1 is 1.19 bits per heavy atom. The van der Waals surface area contributed by atoms with Crippen LogP contribution in [0.15, 0.2) is 51.2 Å². The highest BCUT2D eigenvalue weighted by molar-refractivity contribution is 6.06. The van der Waals surface area contributed by atoms with Crippen LogP contribution in [0.4, 0.5) is 10.5 Å². The number of carbonyl (C=O) groups is 2. The number of aryl methyl sites for hydroxylation is 1. The Morgan fingerprint density at radius 2 is 1.93 bits per heavy atom. The lowest BCUT2D eigenvalue weighted by Crippen LogP contribution is -2.57. The van der Waals surface area contributed by atoms with Crippen molar-refractivity contribution in [2.45, 2.75) is 51.8 Å². The van der Waals surface area contributed by atoms with E-state index in [0.29, 0.717) is 12.0 Å². The number of anilines is 1. The van der Waals surface area contributed by atoms with E-state index >= 15 is 0 Å². The number of phenolic OH excluding ortho intramolecular Hbond substituents is 1. The molecule has 0 aliphatic carbocycles. The van der Waals surface area contributed by atoms with Crippen molar-refractivity contribution in [2.75, 3.05) is 19.0 Å². The summed E-state index contributed by atoms with van der Waals surface area (Å²) in [7, 11) is 1.35. The van der Waals surface area contributed by atoms with Crippen molar-refractivity contribution < 1.29 is 48.3 Å². The topological polar surface area (TPSA) is 200 Å². The van der Waals surface area contributed by atoms with Crippen LogP contribution >= 0.6 is 0 Å². The quantitative estimate of drug-likeness (QED) is 0.193. The number of carbonyl (C=O) groups excluding carboxylic acids is 2. The molecule has 0 unspecified atom stereocenters. The minimum absolute atomic E-state index is 0.0196. The molecule has 1 aromatic heterocycles.